The van der Waals surface area contributed by atoms with Gasteiger partial charge in [0, 0.05) is 29.3 Å². The largest absolute Gasteiger partial charge is 0.310 e. The minimum absolute atomic E-state index is 0.0935. The van der Waals surface area contributed by atoms with E-state index in [0.29, 0.717) is 13.1 Å². The van der Waals surface area contributed by atoms with Gasteiger partial charge in [-0.25, -0.2) is 5.01 Å². The first kappa shape index (κ1) is 28.5. The number of nitrogens with one attached hydrogen (secondary N) is 1. The zero-order valence-electron chi connectivity index (χ0n) is 26.3. The molecule has 1 aliphatic carbocycles. The molecule has 1 heterocycles. The minimum Gasteiger partial charge on any atom is -0.310 e. The van der Waals surface area contributed by atoms with E-state index in [1.54, 1.807) is 0 Å². The lowest BCUT2D eigenvalue weighted by atomic mass is 9.82. The zero-order chi connectivity index (χ0) is 31.3. The van der Waals surface area contributed by atoms with Gasteiger partial charge < -0.3 is 4.57 Å². The Morgan fingerprint density at radius 3 is 2.02 bits per heavy atom. The van der Waals surface area contributed by atoms with Gasteiger partial charge in [0.2, 0.25) is 0 Å². The molecule has 1 atom stereocenters. The Kier molecular flexibility index (Phi) is 7.07. The number of nitrogens with two attached hydrogens (primary N) is 1. The summed E-state index contributed by atoms with van der Waals surface area (Å²) in [7, 11) is 0. The molecule has 1 unspecified atom stereocenters. The summed E-state index contributed by atoms with van der Waals surface area (Å²) in [4.78, 5) is 0. The predicted octanol–water partition coefficient (Wildman–Crippen LogP) is 9.39. The number of nitrogens with zero attached hydrogens (tertiary/aromatic N) is 2. The third-order valence-electron chi connectivity index (χ3n) is 9.72. The quantitative estimate of drug-likeness (QED) is 0.104. The molecule has 4 nitrogen and oxygen atoms in total. The van der Waals surface area contributed by atoms with Crippen LogP contribution in [0.1, 0.15) is 42.4 Å². The maximum absolute atomic E-state index is 7.09. The highest BCUT2D eigenvalue weighted by Gasteiger charge is 2.37. The normalized spacial score (nSPS) is 14.1. The van der Waals surface area contributed by atoms with E-state index in [1.807, 2.05) is 11.1 Å². The molecule has 0 bridgehead atoms. The Bertz CT molecular complexity index is 2170. The highest BCUT2D eigenvalue weighted by atomic mass is 15.5. The Hall–Kier alpha value is -5.00. The van der Waals surface area contributed by atoms with Gasteiger partial charge in [0.05, 0.1) is 11.0 Å². The summed E-state index contributed by atoms with van der Waals surface area (Å²) < 4.78 is 2.42. The van der Waals surface area contributed by atoms with Gasteiger partial charge in [-0.15, -0.1) is 0 Å². The summed E-state index contributed by atoms with van der Waals surface area (Å²) in [6.07, 6.45) is -0.314. The maximum atomic E-state index is 7.09. The third-order valence-corrected chi connectivity index (χ3v) is 9.72. The summed E-state index contributed by atoms with van der Waals surface area (Å²) in [5.41, 5.74) is 12.4. The molecule has 8 rings (SSSR count). The SMILES string of the molecule is CC1(C)c2ccccc2-c2c1ccc1c2c2cc(-c3ccccc3)ccc2n1C(NCc1ccccc1)N(N)Cc1ccccc1. The van der Waals surface area contributed by atoms with E-state index >= 15 is 0 Å². The molecule has 3 N–H and O–H groups in total. The van der Waals surface area contributed by atoms with Crippen LogP contribution in [0.15, 0.2) is 146 Å². The Labute approximate surface area is 270 Å². The van der Waals surface area contributed by atoms with Crippen molar-refractivity contribution in [1.29, 1.82) is 0 Å². The Balaban J connectivity index is 1.39. The fourth-order valence-electron chi connectivity index (χ4n) is 7.45. The molecule has 0 amide bonds. The first-order valence-corrected chi connectivity index (χ1v) is 16.1. The number of hydrazine groups is 1. The van der Waals surface area contributed by atoms with Crippen LogP contribution in [0.2, 0.25) is 0 Å². The number of aromatic nitrogens is 1. The number of hydrogen-bond acceptors (Lipinski definition) is 3. The van der Waals surface area contributed by atoms with E-state index in [2.05, 4.69) is 163 Å². The van der Waals surface area contributed by atoms with Crippen LogP contribution >= 0.6 is 0 Å². The van der Waals surface area contributed by atoms with Gasteiger partial charge in [0.15, 0.2) is 6.29 Å². The van der Waals surface area contributed by atoms with Gasteiger partial charge in [0.1, 0.15) is 0 Å². The second-order valence-corrected chi connectivity index (χ2v) is 12.9. The fraction of sp³-hybridized carbons (Fsp3) is 0.143. The molecule has 0 aliphatic heterocycles. The van der Waals surface area contributed by atoms with E-state index in [-0.39, 0.29) is 11.7 Å². The predicted molar refractivity (Wildman–Crippen MR) is 191 cm³/mol. The number of benzene rings is 6. The zero-order valence-corrected chi connectivity index (χ0v) is 26.3. The number of fused-ring (bicyclic) bond motifs is 7. The van der Waals surface area contributed by atoms with Crippen LogP contribution in [-0.4, -0.2) is 9.58 Å². The van der Waals surface area contributed by atoms with Gasteiger partial charge in [-0.1, -0.05) is 141 Å². The lowest BCUT2D eigenvalue weighted by Crippen LogP contribution is -2.45. The summed E-state index contributed by atoms with van der Waals surface area (Å²) in [6, 6.07) is 52.2. The van der Waals surface area contributed by atoms with Gasteiger partial charge in [-0.05, 0) is 62.7 Å². The molecule has 1 aromatic heterocycles. The van der Waals surface area contributed by atoms with E-state index in [0.717, 1.165) is 5.52 Å². The van der Waals surface area contributed by atoms with Crippen LogP contribution in [0.25, 0.3) is 44.1 Å². The molecule has 0 radical (unpaired) electrons. The van der Waals surface area contributed by atoms with Gasteiger partial charge in [-0.3, -0.25) is 11.2 Å². The van der Waals surface area contributed by atoms with E-state index in [4.69, 9.17) is 5.84 Å². The van der Waals surface area contributed by atoms with E-state index < -0.39 is 0 Å². The van der Waals surface area contributed by atoms with Crippen molar-refractivity contribution in [1.82, 2.24) is 14.9 Å². The lowest BCUT2D eigenvalue weighted by Gasteiger charge is -2.31. The first-order valence-electron chi connectivity index (χ1n) is 16.1. The van der Waals surface area contributed by atoms with Crippen molar-refractivity contribution in [2.45, 2.75) is 38.6 Å². The fourth-order valence-corrected chi connectivity index (χ4v) is 7.45. The van der Waals surface area contributed by atoms with Crippen molar-refractivity contribution in [3.63, 3.8) is 0 Å². The van der Waals surface area contributed by atoms with Crippen molar-refractivity contribution < 1.29 is 0 Å². The van der Waals surface area contributed by atoms with Gasteiger partial charge >= 0.3 is 0 Å². The maximum Gasteiger partial charge on any atom is 0.154 e. The smallest absolute Gasteiger partial charge is 0.154 e. The molecule has 6 aromatic carbocycles. The lowest BCUT2D eigenvalue weighted by molar-refractivity contribution is 0.105. The van der Waals surface area contributed by atoms with Crippen molar-refractivity contribution in [3.8, 4) is 22.3 Å². The van der Waals surface area contributed by atoms with Crippen LogP contribution in [0, 0.1) is 0 Å². The van der Waals surface area contributed by atoms with Crippen LogP contribution in [0.4, 0.5) is 0 Å². The van der Waals surface area contributed by atoms with Crippen LogP contribution in [0.3, 0.4) is 0 Å². The van der Waals surface area contributed by atoms with Crippen molar-refractivity contribution in [2.75, 3.05) is 0 Å². The summed E-state index contributed by atoms with van der Waals surface area (Å²) in [6.45, 7) is 5.98. The van der Waals surface area contributed by atoms with Crippen molar-refractivity contribution in [3.05, 3.63) is 168 Å². The monoisotopic (exact) mass is 598 g/mol. The first-order chi connectivity index (χ1) is 22.5. The second-order valence-electron chi connectivity index (χ2n) is 12.9. The van der Waals surface area contributed by atoms with Gasteiger partial charge in [-0.2, -0.15) is 0 Å². The summed E-state index contributed by atoms with van der Waals surface area (Å²) >= 11 is 0. The highest BCUT2D eigenvalue weighted by molar-refractivity contribution is 6.18. The van der Waals surface area contributed by atoms with Crippen LogP contribution < -0.4 is 11.2 Å². The molecule has 4 heteroatoms. The van der Waals surface area contributed by atoms with Crippen LogP contribution in [0.5, 0.6) is 0 Å². The third kappa shape index (κ3) is 4.74. The molecule has 0 saturated heterocycles. The molecular weight excluding hydrogens is 560 g/mol. The standard InChI is InChI=1S/C42H38N4/c1-42(2)35-21-13-12-20-33(35)39-36(42)23-25-38-40(39)34-26-32(31-18-10-5-11-19-31)22-24-37(34)46(38)41(44-27-29-14-6-3-7-15-29)45(43)28-30-16-8-4-9-17-30/h3-26,41,44H,27-28,43H2,1-2H3. The number of hydrogen-bond donors (Lipinski definition) is 2. The van der Waals surface area contributed by atoms with Crippen LogP contribution in [-0.2, 0) is 18.5 Å². The highest BCUT2D eigenvalue weighted by Crippen LogP contribution is 2.53. The summed E-state index contributed by atoms with van der Waals surface area (Å²) in [5, 5.41) is 8.31. The molecule has 46 heavy (non-hydrogen) atoms. The van der Waals surface area contributed by atoms with Crippen molar-refractivity contribution >= 4 is 21.8 Å². The molecule has 0 saturated carbocycles. The second kappa shape index (κ2) is 11.4. The number of rotatable bonds is 8. The molecule has 7 aromatic rings. The average molecular weight is 599 g/mol. The van der Waals surface area contributed by atoms with E-state index in [9.17, 15) is 0 Å². The molecule has 1 aliphatic rings. The van der Waals surface area contributed by atoms with Crippen molar-refractivity contribution in [2.24, 2.45) is 5.84 Å². The Morgan fingerprint density at radius 2 is 1.28 bits per heavy atom. The topological polar surface area (TPSA) is 46.2 Å². The van der Waals surface area contributed by atoms with E-state index in [1.165, 1.54) is 60.8 Å². The van der Waals surface area contributed by atoms with Gasteiger partial charge in [0.25, 0.3) is 0 Å². The molecular formula is C42H38N4. The average Bonchev–Trinajstić information content (AvgIpc) is 3.54. The molecule has 226 valence electrons. The molecule has 0 fully saturated rings. The Morgan fingerprint density at radius 1 is 0.652 bits per heavy atom. The summed E-state index contributed by atoms with van der Waals surface area (Å²) in [5.74, 6) is 7.09. The minimum atomic E-state index is -0.314. The molecule has 0 spiro atoms.